The molecule has 1 atom stereocenters. The predicted molar refractivity (Wildman–Crippen MR) is 73.6 cm³/mol. The van der Waals surface area contributed by atoms with Crippen molar-refractivity contribution in [2.24, 2.45) is 0 Å². The van der Waals surface area contributed by atoms with Gasteiger partial charge in [0.05, 0.1) is 6.42 Å². The summed E-state index contributed by atoms with van der Waals surface area (Å²) in [5.74, 6) is -0.746. The number of aliphatic carboxylic acids is 1. The Morgan fingerprint density at radius 3 is 2.28 bits per heavy atom. The van der Waals surface area contributed by atoms with E-state index in [0.29, 0.717) is 6.54 Å². The van der Waals surface area contributed by atoms with E-state index in [1.165, 1.54) is 5.56 Å². The largest absolute Gasteiger partial charge is 0.481 e. The monoisotopic (exact) mass is 249 g/mol. The molecule has 0 aliphatic carbocycles. The topological polar surface area (TPSA) is 40.5 Å². The van der Waals surface area contributed by atoms with Gasteiger partial charge in [0, 0.05) is 18.1 Å². The average molecular weight is 249 g/mol. The van der Waals surface area contributed by atoms with Crippen LogP contribution in [0.3, 0.4) is 0 Å². The van der Waals surface area contributed by atoms with Crippen LogP contribution >= 0.6 is 0 Å². The van der Waals surface area contributed by atoms with E-state index in [1.54, 1.807) is 0 Å². The number of rotatable bonds is 5. The van der Waals surface area contributed by atoms with Gasteiger partial charge in [0.1, 0.15) is 0 Å². The lowest BCUT2D eigenvalue weighted by molar-refractivity contribution is -0.137. The second-order valence-electron chi connectivity index (χ2n) is 5.59. The fraction of sp³-hybridized carbons (Fsp3) is 0.533. The van der Waals surface area contributed by atoms with Crippen molar-refractivity contribution in [3.63, 3.8) is 0 Å². The molecule has 0 saturated carbocycles. The van der Waals surface area contributed by atoms with E-state index >= 15 is 0 Å². The van der Waals surface area contributed by atoms with Crippen molar-refractivity contribution >= 4 is 5.97 Å². The molecule has 100 valence electrons. The second-order valence-corrected chi connectivity index (χ2v) is 5.59. The Kier molecular flexibility index (Phi) is 4.91. The lowest BCUT2D eigenvalue weighted by Crippen LogP contribution is -2.44. The summed E-state index contributed by atoms with van der Waals surface area (Å²) < 4.78 is 0. The van der Waals surface area contributed by atoms with Gasteiger partial charge in [-0.3, -0.25) is 9.69 Å². The first-order valence-corrected chi connectivity index (χ1v) is 6.36. The molecular formula is C15H23NO2. The molecule has 1 rings (SSSR count). The average Bonchev–Trinajstić information content (AvgIpc) is 2.28. The molecule has 0 fully saturated rings. The van der Waals surface area contributed by atoms with Gasteiger partial charge >= 0.3 is 5.97 Å². The third-order valence-corrected chi connectivity index (χ3v) is 3.18. The highest BCUT2D eigenvalue weighted by molar-refractivity contribution is 5.66. The van der Waals surface area contributed by atoms with Gasteiger partial charge in [0.2, 0.25) is 0 Å². The highest BCUT2D eigenvalue weighted by Crippen LogP contribution is 2.27. The summed E-state index contributed by atoms with van der Waals surface area (Å²) in [5, 5.41) is 8.85. The second kappa shape index (κ2) is 6.01. The van der Waals surface area contributed by atoms with Gasteiger partial charge in [0.15, 0.2) is 0 Å². The summed E-state index contributed by atoms with van der Waals surface area (Å²) in [6.45, 7) is 9.05. The number of benzene rings is 1. The fourth-order valence-electron chi connectivity index (χ4n) is 2.24. The van der Waals surface area contributed by atoms with Crippen LogP contribution < -0.4 is 0 Å². The SMILES string of the molecule is CC(c1ccccc1)N(CCC(=O)O)C(C)(C)C. The lowest BCUT2D eigenvalue weighted by Gasteiger charge is -2.40. The van der Waals surface area contributed by atoms with Crippen molar-refractivity contribution in [2.75, 3.05) is 6.54 Å². The Labute approximate surface area is 109 Å². The summed E-state index contributed by atoms with van der Waals surface area (Å²) in [5.41, 5.74) is 1.17. The van der Waals surface area contributed by atoms with Crippen molar-refractivity contribution in [3.8, 4) is 0 Å². The zero-order valence-electron chi connectivity index (χ0n) is 11.7. The van der Waals surface area contributed by atoms with Gasteiger partial charge in [-0.2, -0.15) is 0 Å². The van der Waals surface area contributed by atoms with Crippen molar-refractivity contribution < 1.29 is 9.90 Å². The van der Waals surface area contributed by atoms with Crippen LogP contribution in [0.25, 0.3) is 0 Å². The van der Waals surface area contributed by atoms with Crippen molar-refractivity contribution in [2.45, 2.75) is 45.7 Å². The molecule has 0 amide bonds. The van der Waals surface area contributed by atoms with E-state index < -0.39 is 5.97 Å². The molecule has 0 radical (unpaired) electrons. The Bertz CT molecular complexity index is 381. The molecule has 0 aliphatic rings. The van der Waals surface area contributed by atoms with Crippen molar-refractivity contribution in [1.29, 1.82) is 0 Å². The first-order valence-electron chi connectivity index (χ1n) is 6.36. The van der Waals surface area contributed by atoms with Crippen LogP contribution in [0.5, 0.6) is 0 Å². The third-order valence-electron chi connectivity index (χ3n) is 3.18. The summed E-state index contributed by atoms with van der Waals surface area (Å²) in [4.78, 5) is 13.0. The zero-order chi connectivity index (χ0) is 13.8. The maximum Gasteiger partial charge on any atom is 0.304 e. The number of hydrogen-bond acceptors (Lipinski definition) is 2. The summed E-state index contributed by atoms with van der Waals surface area (Å²) in [7, 11) is 0. The van der Waals surface area contributed by atoms with Gasteiger partial charge in [-0.1, -0.05) is 30.3 Å². The highest BCUT2D eigenvalue weighted by Gasteiger charge is 2.27. The van der Waals surface area contributed by atoms with E-state index in [0.717, 1.165) is 0 Å². The van der Waals surface area contributed by atoms with Crippen LogP contribution in [-0.4, -0.2) is 28.1 Å². The Balaban J connectivity index is 2.86. The van der Waals surface area contributed by atoms with Crippen LogP contribution in [0, 0.1) is 0 Å². The summed E-state index contributed by atoms with van der Waals surface area (Å²) >= 11 is 0. The molecule has 1 aromatic rings. The van der Waals surface area contributed by atoms with E-state index in [-0.39, 0.29) is 18.0 Å². The first kappa shape index (κ1) is 14.7. The maximum atomic E-state index is 10.8. The summed E-state index contributed by atoms with van der Waals surface area (Å²) in [6.07, 6.45) is 0.175. The van der Waals surface area contributed by atoms with Gasteiger partial charge < -0.3 is 5.11 Å². The Morgan fingerprint density at radius 2 is 1.83 bits per heavy atom. The van der Waals surface area contributed by atoms with Crippen LogP contribution in [0.4, 0.5) is 0 Å². The van der Waals surface area contributed by atoms with Gasteiger partial charge in [-0.25, -0.2) is 0 Å². The highest BCUT2D eigenvalue weighted by atomic mass is 16.4. The summed E-state index contributed by atoms with van der Waals surface area (Å²) in [6, 6.07) is 10.4. The Morgan fingerprint density at radius 1 is 1.28 bits per heavy atom. The third kappa shape index (κ3) is 4.15. The molecular weight excluding hydrogens is 226 g/mol. The fourth-order valence-corrected chi connectivity index (χ4v) is 2.24. The normalized spacial score (nSPS) is 13.6. The van der Waals surface area contributed by atoms with E-state index in [2.05, 4.69) is 44.7 Å². The van der Waals surface area contributed by atoms with Crippen LogP contribution in [0.1, 0.15) is 45.7 Å². The zero-order valence-corrected chi connectivity index (χ0v) is 11.7. The number of nitrogens with zero attached hydrogens (tertiary/aromatic N) is 1. The van der Waals surface area contributed by atoms with Crippen LogP contribution in [-0.2, 0) is 4.79 Å². The molecule has 1 unspecified atom stereocenters. The number of carboxylic acids is 1. The molecule has 3 nitrogen and oxygen atoms in total. The standard InChI is InChI=1S/C15H23NO2/c1-12(13-8-6-5-7-9-13)16(15(2,3)4)11-10-14(17)18/h5-9,12H,10-11H2,1-4H3,(H,17,18). The van der Waals surface area contributed by atoms with Crippen molar-refractivity contribution in [3.05, 3.63) is 35.9 Å². The molecule has 0 saturated heterocycles. The molecule has 0 aromatic heterocycles. The number of hydrogen-bond donors (Lipinski definition) is 1. The predicted octanol–water partition coefficient (Wildman–Crippen LogP) is 3.32. The van der Waals surface area contributed by atoms with Gasteiger partial charge in [-0.15, -0.1) is 0 Å². The quantitative estimate of drug-likeness (QED) is 0.870. The minimum atomic E-state index is -0.746. The lowest BCUT2D eigenvalue weighted by atomic mass is 9.98. The van der Waals surface area contributed by atoms with E-state index in [4.69, 9.17) is 5.11 Å². The smallest absolute Gasteiger partial charge is 0.304 e. The molecule has 0 spiro atoms. The molecule has 0 heterocycles. The minimum absolute atomic E-state index is 0.0509. The molecule has 18 heavy (non-hydrogen) atoms. The molecule has 0 bridgehead atoms. The minimum Gasteiger partial charge on any atom is -0.481 e. The van der Waals surface area contributed by atoms with Crippen LogP contribution in [0.15, 0.2) is 30.3 Å². The molecule has 1 aromatic carbocycles. The van der Waals surface area contributed by atoms with Gasteiger partial charge in [-0.05, 0) is 33.3 Å². The molecule has 3 heteroatoms. The van der Waals surface area contributed by atoms with E-state index in [9.17, 15) is 4.79 Å². The maximum absolute atomic E-state index is 10.8. The van der Waals surface area contributed by atoms with Gasteiger partial charge in [0.25, 0.3) is 0 Å². The Hall–Kier alpha value is -1.35. The first-order chi connectivity index (χ1) is 8.32. The van der Waals surface area contributed by atoms with Crippen molar-refractivity contribution in [1.82, 2.24) is 4.90 Å². The molecule has 1 N–H and O–H groups in total. The molecule has 0 aliphatic heterocycles. The number of carboxylic acid groups (broad SMARTS) is 1. The number of carbonyl (C=O) groups is 1. The van der Waals surface area contributed by atoms with E-state index in [1.807, 2.05) is 18.2 Å². The van der Waals surface area contributed by atoms with Crippen LogP contribution in [0.2, 0.25) is 0 Å².